The second-order valence-electron chi connectivity index (χ2n) is 9.25. The van der Waals surface area contributed by atoms with Crippen LogP contribution in [0.5, 0.6) is 0 Å². The molecule has 0 bridgehead atoms. The van der Waals surface area contributed by atoms with E-state index in [2.05, 4.69) is 10.6 Å². The third-order valence-corrected chi connectivity index (χ3v) is 6.53. The van der Waals surface area contributed by atoms with Crippen molar-refractivity contribution < 1.29 is 28.0 Å². The van der Waals surface area contributed by atoms with Crippen LogP contribution in [0, 0.1) is 11.8 Å². The molecule has 3 atom stereocenters. The summed E-state index contributed by atoms with van der Waals surface area (Å²) in [4.78, 5) is 53.5. The molecule has 4 amide bonds. The summed E-state index contributed by atoms with van der Waals surface area (Å²) in [6.45, 7) is 3.66. The van der Waals surface area contributed by atoms with Crippen LogP contribution in [0.4, 0.5) is 0 Å². The Morgan fingerprint density at radius 1 is 0.943 bits per heavy atom. The number of carbonyl (C=O) groups is 4. The summed E-state index contributed by atoms with van der Waals surface area (Å²) in [7, 11) is 0. The first-order valence-corrected chi connectivity index (χ1v) is 12.1. The van der Waals surface area contributed by atoms with Crippen molar-refractivity contribution in [1.82, 2.24) is 20.4 Å². The van der Waals surface area contributed by atoms with Crippen LogP contribution < -0.4 is 10.6 Å². The number of nitrogens with one attached hydrogen (secondary N) is 2. The maximum atomic E-state index is 12.9. The van der Waals surface area contributed by atoms with Gasteiger partial charge in [-0.25, -0.2) is 0 Å². The van der Waals surface area contributed by atoms with Gasteiger partial charge in [-0.15, -0.1) is 0 Å². The summed E-state index contributed by atoms with van der Waals surface area (Å²) in [5.41, 5.74) is 0. The standard InChI is InChI=1S/C25H32N4O6/c1-2-5-19(27-25(33)18-11-23(31)29(14-18)16-21-7-4-9-35-21)12-26-24(32)17-10-22(30)28(13-17)15-20-6-3-8-34-20/h3-4,6-9,17-19H,2,5,10-16H2,1H3,(H,26,32)(H,27,33). The van der Waals surface area contributed by atoms with E-state index in [1.54, 1.807) is 46.6 Å². The quantitative estimate of drug-likeness (QED) is 0.500. The molecular formula is C25H32N4O6. The van der Waals surface area contributed by atoms with Gasteiger partial charge in [-0.1, -0.05) is 13.3 Å². The third kappa shape index (κ3) is 6.32. The zero-order valence-electron chi connectivity index (χ0n) is 19.9. The lowest BCUT2D eigenvalue weighted by Crippen LogP contribution is -2.47. The fraction of sp³-hybridized carbons (Fsp3) is 0.520. The van der Waals surface area contributed by atoms with E-state index >= 15 is 0 Å². The Hall–Kier alpha value is -3.56. The first-order chi connectivity index (χ1) is 16.9. The van der Waals surface area contributed by atoms with E-state index in [9.17, 15) is 19.2 Å². The smallest absolute Gasteiger partial charge is 0.225 e. The van der Waals surface area contributed by atoms with Gasteiger partial charge in [0.25, 0.3) is 0 Å². The van der Waals surface area contributed by atoms with E-state index in [1.807, 2.05) is 6.92 Å². The van der Waals surface area contributed by atoms with Crippen LogP contribution in [0.1, 0.15) is 44.1 Å². The lowest BCUT2D eigenvalue weighted by atomic mass is 10.1. The number of amides is 4. The summed E-state index contributed by atoms with van der Waals surface area (Å²) >= 11 is 0. The molecule has 2 saturated heterocycles. The summed E-state index contributed by atoms with van der Waals surface area (Å²) in [6.07, 6.45) is 4.95. The molecule has 35 heavy (non-hydrogen) atoms. The highest BCUT2D eigenvalue weighted by atomic mass is 16.3. The Labute approximate surface area is 204 Å². The zero-order valence-corrected chi connectivity index (χ0v) is 19.9. The number of furan rings is 2. The molecule has 0 aliphatic carbocycles. The van der Waals surface area contributed by atoms with Crippen LogP contribution >= 0.6 is 0 Å². The van der Waals surface area contributed by atoms with Gasteiger partial charge in [-0.2, -0.15) is 0 Å². The van der Waals surface area contributed by atoms with E-state index in [4.69, 9.17) is 8.83 Å². The average Bonchev–Trinajstić information content (AvgIpc) is 3.63. The van der Waals surface area contributed by atoms with Gasteiger partial charge in [0.2, 0.25) is 23.6 Å². The molecular weight excluding hydrogens is 452 g/mol. The fourth-order valence-corrected chi connectivity index (χ4v) is 4.64. The van der Waals surface area contributed by atoms with Crippen LogP contribution in [0.15, 0.2) is 45.6 Å². The molecule has 2 aromatic heterocycles. The number of carbonyl (C=O) groups excluding carboxylic acids is 4. The van der Waals surface area contributed by atoms with E-state index in [0.717, 1.165) is 6.42 Å². The van der Waals surface area contributed by atoms with E-state index in [1.165, 1.54) is 0 Å². The van der Waals surface area contributed by atoms with Crippen molar-refractivity contribution in [3.8, 4) is 0 Å². The normalized spacial score (nSPS) is 20.9. The van der Waals surface area contributed by atoms with Gasteiger partial charge >= 0.3 is 0 Å². The van der Waals surface area contributed by atoms with Crippen LogP contribution in [-0.2, 0) is 32.3 Å². The van der Waals surface area contributed by atoms with Crippen LogP contribution in [0.25, 0.3) is 0 Å². The van der Waals surface area contributed by atoms with Crippen molar-refractivity contribution in [1.29, 1.82) is 0 Å². The molecule has 188 valence electrons. The second kappa shape index (κ2) is 11.2. The lowest BCUT2D eigenvalue weighted by Gasteiger charge is -2.22. The molecule has 3 unspecified atom stereocenters. The third-order valence-electron chi connectivity index (χ3n) is 6.53. The van der Waals surface area contributed by atoms with Crippen molar-refractivity contribution in [3.05, 3.63) is 48.3 Å². The van der Waals surface area contributed by atoms with Gasteiger partial charge in [0.1, 0.15) is 11.5 Å². The Morgan fingerprint density at radius 3 is 1.97 bits per heavy atom. The van der Waals surface area contributed by atoms with Crippen molar-refractivity contribution in [2.45, 2.75) is 51.7 Å². The highest BCUT2D eigenvalue weighted by molar-refractivity contribution is 5.90. The van der Waals surface area contributed by atoms with Crippen LogP contribution in [0.2, 0.25) is 0 Å². The van der Waals surface area contributed by atoms with Crippen molar-refractivity contribution >= 4 is 23.6 Å². The Morgan fingerprint density at radius 2 is 1.49 bits per heavy atom. The molecule has 2 aromatic rings. The number of nitrogens with zero attached hydrogens (tertiary/aromatic N) is 2. The number of hydrogen-bond donors (Lipinski definition) is 2. The number of hydrogen-bond acceptors (Lipinski definition) is 6. The molecule has 4 rings (SSSR count). The molecule has 2 N–H and O–H groups in total. The monoisotopic (exact) mass is 484 g/mol. The highest BCUT2D eigenvalue weighted by Gasteiger charge is 2.36. The molecule has 10 nitrogen and oxygen atoms in total. The highest BCUT2D eigenvalue weighted by Crippen LogP contribution is 2.22. The maximum Gasteiger partial charge on any atom is 0.225 e. The minimum absolute atomic E-state index is 0.0769. The molecule has 2 fully saturated rings. The van der Waals surface area contributed by atoms with Gasteiger partial charge in [0.15, 0.2) is 0 Å². The first kappa shape index (κ1) is 24.6. The number of rotatable bonds is 11. The van der Waals surface area contributed by atoms with E-state index in [-0.39, 0.29) is 49.1 Å². The summed E-state index contributed by atoms with van der Waals surface area (Å²) < 4.78 is 10.6. The molecule has 0 radical (unpaired) electrons. The largest absolute Gasteiger partial charge is 0.467 e. The molecule has 2 aliphatic heterocycles. The SMILES string of the molecule is CCCC(CNC(=O)C1CC(=O)N(Cc2ccco2)C1)NC(=O)C1CC(=O)N(Cc2ccco2)C1. The number of likely N-dealkylation sites (tertiary alicyclic amines) is 2. The molecule has 10 heteroatoms. The Kier molecular flexibility index (Phi) is 7.89. The van der Waals surface area contributed by atoms with Gasteiger partial charge in [-0.3, -0.25) is 19.2 Å². The average molecular weight is 485 g/mol. The molecule has 0 saturated carbocycles. The molecule has 0 spiro atoms. The van der Waals surface area contributed by atoms with E-state index in [0.29, 0.717) is 44.1 Å². The predicted octanol–water partition coefficient (Wildman–Crippen LogP) is 1.67. The van der Waals surface area contributed by atoms with Crippen molar-refractivity contribution in [3.63, 3.8) is 0 Å². The fourth-order valence-electron chi connectivity index (χ4n) is 4.64. The molecule has 2 aliphatic rings. The van der Waals surface area contributed by atoms with Gasteiger partial charge in [0, 0.05) is 38.5 Å². The van der Waals surface area contributed by atoms with Crippen molar-refractivity contribution in [2.75, 3.05) is 19.6 Å². The molecule has 4 heterocycles. The summed E-state index contributed by atoms with van der Waals surface area (Å²) in [6, 6.07) is 6.88. The summed E-state index contributed by atoms with van der Waals surface area (Å²) in [5, 5.41) is 5.91. The van der Waals surface area contributed by atoms with Crippen LogP contribution in [-0.4, -0.2) is 59.1 Å². The van der Waals surface area contributed by atoms with Gasteiger partial charge in [-0.05, 0) is 30.7 Å². The zero-order chi connectivity index (χ0) is 24.8. The minimum atomic E-state index is -0.435. The maximum absolute atomic E-state index is 12.9. The Balaban J connectivity index is 1.24. The Bertz CT molecular complexity index is 1020. The second-order valence-corrected chi connectivity index (χ2v) is 9.25. The van der Waals surface area contributed by atoms with Gasteiger partial charge in [0.05, 0.1) is 37.5 Å². The predicted molar refractivity (Wildman–Crippen MR) is 124 cm³/mol. The van der Waals surface area contributed by atoms with Crippen molar-refractivity contribution in [2.24, 2.45) is 11.8 Å². The topological polar surface area (TPSA) is 125 Å². The lowest BCUT2D eigenvalue weighted by molar-refractivity contribution is -0.130. The minimum Gasteiger partial charge on any atom is -0.467 e. The summed E-state index contributed by atoms with van der Waals surface area (Å²) in [5.74, 6) is -0.0487. The van der Waals surface area contributed by atoms with E-state index < -0.39 is 11.8 Å². The molecule has 0 aromatic carbocycles. The van der Waals surface area contributed by atoms with Crippen LogP contribution in [0.3, 0.4) is 0 Å². The van der Waals surface area contributed by atoms with Gasteiger partial charge < -0.3 is 29.3 Å². The first-order valence-electron chi connectivity index (χ1n) is 12.1.